The smallest absolute Gasteiger partial charge is 0.321 e. The largest absolute Gasteiger partial charge is 0.506 e. The Kier molecular flexibility index (Phi) is 6.31. The third-order valence-electron chi connectivity index (χ3n) is 5.92. The van der Waals surface area contributed by atoms with Gasteiger partial charge in [-0.3, -0.25) is 4.98 Å². The minimum atomic E-state index is -0.229. The van der Waals surface area contributed by atoms with Gasteiger partial charge in [0.1, 0.15) is 11.6 Å². The van der Waals surface area contributed by atoms with Crippen LogP contribution < -0.4 is 10.6 Å². The van der Waals surface area contributed by atoms with Crippen molar-refractivity contribution in [3.05, 3.63) is 76.8 Å². The molecule has 5 rings (SSSR count). The molecule has 0 saturated carbocycles. The van der Waals surface area contributed by atoms with Gasteiger partial charge in [0.15, 0.2) is 5.65 Å². The molecule has 0 spiro atoms. The fourth-order valence-electron chi connectivity index (χ4n) is 4.16. The number of hydrogen-bond acceptors (Lipinski definition) is 6. The summed E-state index contributed by atoms with van der Waals surface area (Å²) in [6, 6.07) is 12.4. The molecule has 4 heterocycles. The first kappa shape index (κ1) is 22.1. The Labute approximate surface area is 205 Å². The van der Waals surface area contributed by atoms with Crippen molar-refractivity contribution in [2.45, 2.75) is 25.3 Å². The maximum atomic E-state index is 12.9. The average molecular weight is 522 g/mol. The predicted molar refractivity (Wildman–Crippen MR) is 133 cm³/mol. The Bertz CT molecular complexity index is 1310. The van der Waals surface area contributed by atoms with Gasteiger partial charge in [-0.25, -0.2) is 9.78 Å². The standard InChI is InChI=1S/C24H24BrN7O2/c25-18-14-28-32-22(27-13-16-5-3-9-26-12-16)11-20(29-23(18)32)17-6-4-10-31(15-17)24(34)30-19-7-1-2-8-21(19)33/h1-3,5,7-9,11-12,14,17,27,33H,4,6,10,13,15H2,(H,30,34). The van der Waals surface area contributed by atoms with E-state index in [2.05, 4.69) is 36.6 Å². The lowest BCUT2D eigenvalue weighted by Crippen LogP contribution is -2.41. The van der Waals surface area contributed by atoms with Crippen LogP contribution in [0.15, 0.2) is 65.5 Å². The zero-order valence-corrected chi connectivity index (χ0v) is 19.9. The zero-order valence-electron chi connectivity index (χ0n) is 18.4. The first-order valence-electron chi connectivity index (χ1n) is 11.1. The van der Waals surface area contributed by atoms with E-state index in [9.17, 15) is 9.90 Å². The molecule has 4 aromatic rings. The monoisotopic (exact) mass is 521 g/mol. The fourth-order valence-corrected chi connectivity index (χ4v) is 4.51. The summed E-state index contributed by atoms with van der Waals surface area (Å²) in [6.07, 6.45) is 7.10. The second-order valence-electron chi connectivity index (χ2n) is 8.24. The van der Waals surface area contributed by atoms with E-state index in [1.54, 1.807) is 46.1 Å². The Morgan fingerprint density at radius 3 is 2.91 bits per heavy atom. The molecule has 1 unspecified atom stereocenters. The van der Waals surface area contributed by atoms with Crippen LogP contribution in [0.4, 0.5) is 16.3 Å². The third-order valence-corrected chi connectivity index (χ3v) is 6.48. The molecular formula is C24H24BrN7O2. The van der Waals surface area contributed by atoms with Crippen LogP contribution in [-0.2, 0) is 6.54 Å². The summed E-state index contributed by atoms with van der Waals surface area (Å²) >= 11 is 3.55. The highest BCUT2D eigenvalue weighted by molar-refractivity contribution is 9.10. The molecule has 1 aliphatic rings. The quantitative estimate of drug-likeness (QED) is 0.331. The lowest BCUT2D eigenvalue weighted by molar-refractivity contribution is 0.192. The second-order valence-corrected chi connectivity index (χ2v) is 9.10. The van der Waals surface area contributed by atoms with Crippen LogP contribution in [0.1, 0.15) is 30.0 Å². The van der Waals surface area contributed by atoms with Crippen LogP contribution in [0.3, 0.4) is 0 Å². The van der Waals surface area contributed by atoms with E-state index >= 15 is 0 Å². The molecule has 1 aliphatic heterocycles. The zero-order chi connectivity index (χ0) is 23.5. The van der Waals surface area contributed by atoms with Crippen molar-refractivity contribution in [3.63, 3.8) is 0 Å². The van der Waals surface area contributed by atoms with Gasteiger partial charge in [0.25, 0.3) is 0 Å². The second kappa shape index (κ2) is 9.68. The molecule has 34 heavy (non-hydrogen) atoms. The SMILES string of the molecule is O=C(Nc1ccccc1O)N1CCCC(c2cc(NCc3cccnc3)n3ncc(Br)c3n2)C1. The first-order chi connectivity index (χ1) is 16.6. The Morgan fingerprint density at radius 1 is 1.21 bits per heavy atom. The number of hydrogen-bond donors (Lipinski definition) is 3. The molecule has 2 amide bonds. The maximum Gasteiger partial charge on any atom is 0.321 e. The number of pyridine rings is 1. The number of para-hydroxylation sites is 2. The molecule has 3 N–H and O–H groups in total. The number of phenolic OH excluding ortho intramolecular Hbond substituents is 1. The molecule has 174 valence electrons. The number of carbonyl (C=O) groups is 1. The Balaban J connectivity index is 1.37. The number of amides is 2. The van der Waals surface area contributed by atoms with Crippen molar-refractivity contribution in [1.29, 1.82) is 0 Å². The Morgan fingerprint density at radius 2 is 2.09 bits per heavy atom. The number of fused-ring (bicyclic) bond motifs is 1. The number of aromatic hydroxyl groups is 1. The van der Waals surface area contributed by atoms with Crippen LogP contribution in [0.25, 0.3) is 5.65 Å². The molecule has 9 nitrogen and oxygen atoms in total. The van der Waals surface area contributed by atoms with E-state index < -0.39 is 0 Å². The van der Waals surface area contributed by atoms with Gasteiger partial charge in [-0.15, -0.1) is 0 Å². The molecule has 1 saturated heterocycles. The van der Waals surface area contributed by atoms with Crippen molar-refractivity contribution < 1.29 is 9.90 Å². The number of nitrogens with one attached hydrogen (secondary N) is 2. The van der Waals surface area contributed by atoms with Gasteiger partial charge in [0, 0.05) is 44.0 Å². The number of anilines is 2. The van der Waals surface area contributed by atoms with Gasteiger partial charge >= 0.3 is 6.03 Å². The summed E-state index contributed by atoms with van der Waals surface area (Å²) in [7, 11) is 0. The number of rotatable bonds is 5. The molecule has 1 fully saturated rings. The summed E-state index contributed by atoms with van der Waals surface area (Å²) in [5.41, 5.74) is 3.09. The summed E-state index contributed by atoms with van der Waals surface area (Å²) < 4.78 is 2.58. The molecule has 0 aliphatic carbocycles. The van der Waals surface area contributed by atoms with Crippen LogP contribution >= 0.6 is 15.9 Å². The van der Waals surface area contributed by atoms with E-state index in [-0.39, 0.29) is 17.7 Å². The number of aromatic nitrogens is 4. The third kappa shape index (κ3) is 4.67. The molecule has 1 aromatic carbocycles. The number of benzene rings is 1. The first-order valence-corrected chi connectivity index (χ1v) is 11.9. The molecule has 1 atom stereocenters. The lowest BCUT2D eigenvalue weighted by atomic mass is 9.94. The highest BCUT2D eigenvalue weighted by Gasteiger charge is 2.27. The van der Waals surface area contributed by atoms with Crippen LogP contribution in [0.5, 0.6) is 5.75 Å². The fraction of sp³-hybridized carbons (Fsp3) is 0.250. The average Bonchev–Trinajstić information content (AvgIpc) is 3.25. The van der Waals surface area contributed by atoms with Gasteiger partial charge in [0.05, 0.1) is 22.1 Å². The highest BCUT2D eigenvalue weighted by atomic mass is 79.9. The minimum absolute atomic E-state index is 0.0476. The maximum absolute atomic E-state index is 12.9. The summed E-state index contributed by atoms with van der Waals surface area (Å²) in [5.74, 6) is 0.950. The van der Waals surface area contributed by atoms with Gasteiger partial charge in [-0.05, 0) is 52.5 Å². The molecule has 0 bridgehead atoms. The number of nitrogens with zero attached hydrogens (tertiary/aromatic N) is 5. The van der Waals surface area contributed by atoms with E-state index in [4.69, 9.17) is 4.98 Å². The van der Waals surface area contributed by atoms with Crippen molar-refractivity contribution in [3.8, 4) is 5.75 Å². The van der Waals surface area contributed by atoms with Gasteiger partial charge < -0.3 is 20.6 Å². The molecule has 10 heteroatoms. The van der Waals surface area contributed by atoms with Crippen LogP contribution in [0.2, 0.25) is 0 Å². The summed E-state index contributed by atoms with van der Waals surface area (Å²) in [5, 5.41) is 20.7. The van der Waals surface area contributed by atoms with Crippen molar-refractivity contribution >= 4 is 39.1 Å². The number of halogens is 1. The van der Waals surface area contributed by atoms with E-state index in [1.807, 2.05) is 24.4 Å². The molecule has 0 radical (unpaired) electrons. The van der Waals surface area contributed by atoms with E-state index in [0.717, 1.165) is 40.0 Å². The number of carbonyl (C=O) groups excluding carboxylic acids is 1. The topological polar surface area (TPSA) is 108 Å². The highest BCUT2D eigenvalue weighted by Crippen LogP contribution is 2.30. The Hall–Kier alpha value is -3.66. The van der Waals surface area contributed by atoms with Crippen molar-refractivity contribution in [2.24, 2.45) is 0 Å². The summed E-state index contributed by atoms with van der Waals surface area (Å²) in [4.78, 5) is 23.7. The van der Waals surface area contributed by atoms with Gasteiger partial charge in [-0.1, -0.05) is 18.2 Å². The minimum Gasteiger partial charge on any atom is -0.506 e. The van der Waals surface area contributed by atoms with Gasteiger partial charge in [0.2, 0.25) is 0 Å². The lowest BCUT2D eigenvalue weighted by Gasteiger charge is -2.32. The van der Waals surface area contributed by atoms with E-state index in [1.165, 1.54) is 0 Å². The molecular weight excluding hydrogens is 498 g/mol. The van der Waals surface area contributed by atoms with Crippen LogP contribution in [0, 0.1) is 0 Å². The normalized spacial score (nSPS) is 15.9. The van der Waals surface area contributed by atoms with Gasteiger partial charge in [-0.2, -0.15) is 9.61 Å². The van der Waals surface area contributed by atoms with Crippen LogP contribution in [-0.4, -0.2) is 48.7 Å². The molecule has 3 aromatic heterocycles. The summed E-state index contributed by atoms with van der Waals surface area (Å²) in [6.45, 7) is 1.79. The number of piperidine rings is 1. The number of likely N-dealkylation sites (tertiary alicyclic amines) is 1. The van der Waals surface area contributed by atoms with Crippen molar-refractivity contribution in [2.75, 3.05) is 23.7 Å². The van der Waals surface area contributed by atoms with E-state index in [0.29, 0.717) is 25.3 Å². The number of urea groups is 1. The van der Waals surface area contributed by atoms with Crippen molar-refractivity contribution in [1.82, 2.24) is 24.5 Å². The number of phenols is 1. The predicted octanol–water partition coefficient (Wildman–Crippen LogP) is 4.62.